The number of nitro groups is 1. The number of nitrogens with one attached hydrogen (secondary N) is 1. The van der Waals surface area contributed by atoms with Crippen LogP contribution in [0.1, 0.15) is 0 Å². The molecule has 3 rings (SSSR count). The molecular weight excluding hydrogens is 386 g/mol. The van der Waals surface area contributed by atoms with Gasteiger partial charge in [0.15, 0.2) is 6.61 Å². The highest BCUT2D eigenvalue weighted by molar-refractivity contribution is 8.00. The minimum Gasteiger partial charge on any atom is -0.454 e. The molecule has 2 amide bonds. The van der Waals surface area contributed by atoms with Crippen LogP contribution in [-0.2, 0) is 19.1 Å². The first kappa shape index (κ1) is 19.4. The molecule has 0 aromatic heterocycles. The number of hydrogen-bond donors (Lipinski definition) is 1. The van der Waals surface area contributed by atoms with E-state index in [1.54, 1.807) is 12.1 Å². The molecule has 0 unspecified atom stereocenters. The fourth-order valence-corrected chi connectivity index (χ4v) is 3.48. The first-order valence-electron chi connectivity index (χ1n) is 8.16. The van der Waals surface area contributed by atoms with Crippen LogP contribution in [0, 0.1) is 10.1 Å². The highest BCUT2D eigenvalue weighted by atomic mass is 32.2. The predicted octanol–water partition coefficient (Wildman–Crippen LogP) is 2.22. The number of anilines is 2. The Morgan fingerprint density at radius 1 is 1.21 bits per heavy atom. The largest absolute Gasteiger partial charge is 0.454 e. The van der Waals surface area contributed by atoms with Crippen LogP contribution in [0.15, 0.2) is 53.4 Å². The Morgan fingerprint density at radius 2 is 2.00 bits per heavy atom. The number of nitro benzene ring substituents is 1. The molecule has 144 valence electrons. The van der Waals surface area contributed by atoms with E-state index in [0.717, 1.165) is 4.90 Å². The third-order valence-corrected chi connectivity index (χ3v) is 4.85. The SMILES string of the molecule is O=C(COC(=O)CN1C(=O)CSc2ccccc21)Nc1cccc([N+](=O)[O-])c1. The number of amides is 2. The minimum atomic E-state index is -0.732. The van der Waals surface area contributed by atoms with Crippen molar-refractivity contribution in [2.75, 3.05) is 29.1 Å². The van der Waals surface area contributed by atoms with Crippen LogP contribution in [0.2, 0.25) is 0 Å². The van der Waals surface area contributed by atoms with Gasteiger partial charge in [0.05, 0.1) is 16.4 Å². The number of esters is 1. The number of benzene rings is 2. The smallest absolute Gasteiger partial charge is 0.326 e. The number of nitrogens with zero attached hydrogens (tertiary/aromatic N) is 2. The van der Waals surface area contributed by atoms with Gasteiger partial charge in [-0.1, -0.05) is 18.2 Å². The predicted molar refractivity (Wildman–Crippen MR) is 102 cm³/mol. The maximum absolute atomic E-state index is 12.1. The Kier molecular flexibility index (Phi) is 5.90. The zero-order valence-corrected chi connectivity index (χ0v) is 15.3. The number of rotatable bonds is 6. The Bertz CT molecular complexity index is 948. The van der Waals surface area contributed by atoms with Crippen molar-refractivity contribution in [1.82, 2.24) is 0 Å². The number of fused-ring (bicyclic) bond motifs is 1. The van der Waals surface area contributed by atoms with E-state index in [0.29, 0.717) is 5.69 Å². The molecular formula is C18H15N3O6S. The van der Waals surface area contributed by atoms with E-state index in [1.807, 2.05) is 12.1 Å². The van der Waals surface area contributed by atoms with E-state index >= 15 is 0 Å². The molecule has 10 heteroatoms. The molecule has 0 spiro atoms. The van der Waals surface area contributed by atoms with E-state index in [-0.39, 0.29) is 29.6 Å². The van der Waals surface area contributed by atoms with Crippen LogP contribution in [-0.4, -0.2) is 41.6 Å². The monoisotopic (exact) mass is 401 g/mol. The van der Waals surface area contributed by atoms with Crippen molar-refractivity contribution < 1.29 is 24.0 Å². The number of carbonyl (C=O) groups excluding carboxylic acids is 3. The van der Waals surface area contributed by atoms with Gasteiger partial charge in [-0.25, -0.2) is 0 Å². The molecule has 0 saturated carbocycles. The number of para-hydroxylation sites is 1. The normalized spacial score (nSPS) is 12.9. The standard InChI is InChI=1S/C18H15N3O6S/c22-16(19-12-4-3-5-13(8-12)21(25)26)10-27-18(24)9-20-14-6-1-2-7-15(14)28-11-17(20)23/h1-8H,9-11H2,(H,19,22). The summed E-state index contributed by atoms with van der Waals surface area (Å²) in [5, 5.41) is 13.2. The maximum Gasteiger partial charge on any atom is 0.326 e. The van der Waals surface area contributed by atoms with Crippen LogP contribution < -0.4 is 10.2 Å². The second-order valence-electron chi connectivity index (χ2n) is 5.75. The van der Waals surface area contributed by atoms with Crippen LogP contribution in [0.25, 0.3) is 0 Å². The Labute approximate surface area is 163 Å². The van der Waals surface area contributed by atoms with E-state index in [1.165, 1.54) is 40.9 Å². The summed E-state index contributed by atoms with van der Waals surface area (Å²) < 4.78 is 4.93. The first-order chi connectivity index (χ1) is 13.4. The molecule has 0 fully saturated rings. The number of ether oxygens (including phenoxy) is 1. The molecule has 1 aliphatic rings. The highest BCUT2D eigenvalue weighted by Gasteiger charge is 2.26. The molecule has 0 aliphatic carbocycles. The van der Waals surface area contributed by atoms with Gasteiger partial charge in [0.2, 0.25) is 5.91 Å². The third kappa shape index (κ3) is 4.65. The lowest BCUT2D eigenvalue weighted by atomic mass is 10.2. The molecule has 1 N–H and O–H groups in total. The minimum absolute atomic E-state index is 0.171. The van der Waals surface area contributed by atoms with Gasteiger partial charge in [-0.3, -0.25) is 29.4 Å². The fraction of sp³-hybridized carbons (Fsp3) is 0.167. The summed E-state index contributed by atoms with van der Waals surface area (Å²) in [6.07, 6.45) is 0. The summed E-state index contributed by atoms with van der Waals surface area (Å²) in [5.41, 5.74) is 0.670. The Balaban J connectivity index is 1.54. The summed E-state index contributed by atoms with van der Waals surface area (Å²) in [4.78, 5) is 48.5. The zero-order valence-electron chi connectivity index (χ0n) is 14.5. The number of carbonyl (C=O) groups is 3. The van der Waals surface area contributed by atoms with Crippen LogP contribution >= 0.6 is 11.8 Å². The average molecular weight is 401 g/mol. The van der Waals surface area contributed by atoms with Crippen molar-refractivity contribution in [3.8, 4) is 0 Å². The van der Waals surface area contributed by atoms with Gasteiger partial charge in [0.1, 0.15) is 6.54 Å². The van der Waals surface area contributed by atoms with Crippen molar-refractivity contribution in [3.63, 3.8) is 0 Å². The molecule has 1 aliphatic heterocycles. The summed E-state index contributed by atoms with van der Waals surface area (Å²) >= 11 is 1.39. The molecule has 28 heavy (non-hydrogen) atoms. The van der Waals surface area contributed by atoms with E-state index < -0.39 is 23.4 Å². The van der Waals surface area contributed by atoms with Gasteiger partial charge < -0.3 is 10.1 Å². The fourth-order valence-electron chi connectivity index (χ4n) is 2.54. The lowest BCUT2D eigenvalue weighted by Crippen LogP contribution is -2.40. The maximum atomic E-state index is 12.1. The van der Waals surface area contributed by atoms with E-state index in [4.69, 9.17) is 4.74 Å². The van der Waals surface area contributed by atoms with Gasteiger partial charge in [-0.2, -0.15) is 0 Å². The number of hydrogen-bond acceptors (Lipinski definition) is 7. The number of non-ortho nitro benzene ring substituents is 1. The van der Waals surface area contributed by atoms with Gasteiger partial charge in [-0.15, -0.1) is 11.8 Å². The van der Waals surface area contributed by atoms with Gasteiger partial charge in [-0.05, 0) is 18.2 Å². The topological polar surface area (TPSA) is 119 Å². The van der Waals surface area contributed by atoms with E-state index in [9.17, 15) is 24.5 Å². The second kappa shape index (κ2) is 8.53. The lowest BCUT2D eigenvalue weighted by molar-refractivity contribution is -0.384. The summed E-state index contributed by atoms with van der Waals surface area (Å²) in [6, 6.07) is 12.6. The molecule has 1 heterocycles. The molecule has 2 aromatic carbocycles. The zero-order chi connectivity index (χ0) is 20.1. The highest BCUT2D eigenvalue weighted by Crippen LogP contribution is 2.34. The van der Waals surface area contributed by atoms with Crippen molar-refractivity contribution >= 4 is 46.6 Å². The lowest BCUT2D eigenvalue weighted by Gasteiger charge is -2.27. The Hall–Kier alpha value is -3.40. The van der Waals surface area contributed by atoms with Gasteiger partial charge >= 0.3 is 5.97 Å². The quantitative estimate of drug-likeness (QED) is 0.448. The summed E-state index contributed by atoms with van der Waals surface area (Å²) in [6.45, 7) is -0.875. The molecule has 2 aromatic rings. The van der Waals surface area contributed by atoms with Crippen molar-refractivity contribution in [2.45, 2.75) is 4.90 Å². The molecule has 0 atom stereocenters. The number of thioether (sulfide) groups is 1. The van der Waals surface area contributed by atoms with Crippen LogP contribution in [0.4, 0.5) is 17.1 Å². The van der Waals surface area contributed by atoms with Crippen LogP contribution in [0.3, 0.4) is 0 Å². The summed E-state index contributed by atoms with van der Waals surface area (Å²) in [7, 11) is 0. The van der Waals surface area contributed by atoms with Crippen molar-refractivity contribution in [3.05, 3.63) is 58.6 Å². The average Bonchev–Trinajstić information content (AvgIpc) is 2.69. The third-order valence-electron chi connectivity index (χ3n) is 3.80. The Morgan fingerprint density at radius 3 is 2.79 bits per heavy atom. The van der Waals surface area contributed by atoms with Crippen molar-refractivity contribution in [1.29, 1.82) is 0 Å². The molecule has 0 radical (unpaired) electrons. The molecule has 9 nitrogen and oxygen atoms in total. The van der Waals surface area contributed by atoms with E-state index in [2.05, 4.69) is 5.32 Å². The second-order valence-corrected chi connectivity index (χ2v) is 6.77. The van der Waals surface area contributed by atoms with Gasteiger partial charge in [0.25, 0.3) is 11.6 Å². The first-order valence-corrected chi connectivity index (χ1v) is 9.15. The van der Waals surface area contributed by atoms with Crippen LogP contribution in [0.5, 0.6) is 0 Å². The van der Waals surface area contributed by atoms with Crippen molar-refractivity contribution in [2.24, 2.45) is 0 Å². The molecule has 0 bridgehead atoms. The summed E-state index contributed by atoms with van der Waals surface area (Å²) in [5.74, 6) is -1.38. The van der Waals surface area contributed by atoms with Gasteiger partial charge in [0, 0.05) is 22.7 Å². The molecule has 0 saturated heterocycles.